The van der Waals surface area contributed by atoms with E-state index in [0.29, 0.717) is 19.6 Å². The van der Waals surface area contributed by atoms with Crippen LogP contribution in [-0.4, -0.2) is 60.0 Å². The third kappa shape index (κ3) is 4.39. The zero-order valence-corrected chi connectivity index (χ0v) is 15.4. The van der Waals surface area contributed by atoms with Crippen molar-refractivity contribution in [3.63, 3.8) is 0 Å². The third-order valence-corrected chi connectivity index (χ3v) is 4.78. The van der Waals surface area contributed by atoms with Crippen LogP contribution in [0.15, 0.2) is 36.5 Å². The summed E-state index contributed by atoms with van der Waals surface area (Å²) in [5.41, 5.74) is 1.17. The van der Waals surface area contributed by atoms with Crippen LogP contribution in [0.4, 0.5) is 4.79 Å². The number of nitrogens with zero attached hydrogens (tertiary/aromatic N) is 2. The quantitative estimate of drug-likeness (QED) is 0.652. The Morgan fingerprint density at radius 3 is 2.89 bits per heavy atom. The third-order valence-electron chi connectivity index (χ3n) is 4.78. The van der Waals surface area contributed by atoms with Gasteiger partial charge in [-0.15, -0.1) is 0 Å². The van der Waals surface area contributed by atoms with Gasteiger partial charge in [-0.2, -0.15) is 0 Å². The number of para-hydroxylation sites is 1. The molecule has 1 aliphatic rings. The summed E-state index contributed by atoms with van der Waals surface area (Å²) in [4.78, 5) is 37.6. The van der Waals surface area contributed by atoms with Crippen molar-refractivity contribution in [1.82, 2.24) is 25.4 Å². The van der Waals surface area contributed by atoms with E-state index in [4.69, 9.17) is 0 Å². The van der Waals surface area contributed by atoms with Crippen LogP contribution in [0.25, 0.3) is 10.9 Å². The standard InChI is InChI=1S/C19H25N5O3/c1-20-17(25)13-16-18(26)21-9-12-24(16)19(27)22-8-4-10-23-11-7-14-5-2-3-6-15(14)23/h2-3,5-7,11,16H,4,8-10,12-13H2,1H3,(H,20,25)(H,21,26)(H,22,27)/t16-/m0/s1. The summed E-state index contributed by atoms with van der Waals surface area (Å²) >= 11 is 0. The smallest absolute Gasteiger partial charge is 0.318 e. The van der Waals surface area contributed by atoms with Crippen molar-refractivity contribution in [2.24, 2.45) is 0 Å². The summed E-state index contributed by atoms with van der Waals surface area (Å²) in [6.07, 6.45) is 2.77. The summed E-state index contributed by atoms with van der Waals surface area (Å²) in [5.74, 6) is -0.562. The van der Waals surface area contributed by atoms with E-state index in [1.54, 1.807) is 0 Å². The Hall–Kier alpha value is -3.03. The molecule has 1 aliphatic heterocycles. The zero-order valence-electron chi connectivity index (χ0n) is 15.4. The Bertz CT molecular complexity index is 832. The van der Waals surface area contributed by atoms with E-state index in [9.17, 15) is 14.4 Å². The first-order valence-electron chi connectivity index (χ1n) is 9.17. The summed E-state index contributed by atoms with van der Waals surface area (Å²) < 4.78 is 2.16. The normalized spacial score (nSPS) is 16.9. The van der Waals surface area contributed by atoms with Crippen LogP contribution in [0.1, 0.15) is 12.8 Å². The Balaban J connectivity index is 1.51. The van der Waals surface area contributed by atoms with Gasteiger partial charge >= 0.3 is 6.03 Å². The van der Waals surface area contributed by atoms with Crippen LogP contribution in [0.3, 0.4) is 0 Å². The molecule has 0 aliphatic carbocycles. The maximum absolute atomic E-state index is 12.5. The van der Waals surface area contributed by atoms with Crippen molar-refractivity contribution in [2.45, 2.75) is 25.4 Å². The van der Waals surface area contributed by atoms with Gasteiger partial charge in [0.05, 0.1) is 6.42 Å². The van der Waals surface area contributed by atoms with E-state index in [2.05, 4.69) is 38.7 Å². The maximum Gasteiger partial charge on any atom is 0.318 e. The van der Waals surface area contributed by atoms with Crippen LogP contribution >= 0.6 is 0 Å². The van der Waals surface area contributed by atoms with Crippen LogP contribution in [0.5, 0.6) is 0 Å². The summed E-state index contributed by atoms with van der Waals surface area (Å²) in [6, 6.07) is 9.16. The van der Waals surface area contributed by atoms with Crippen molar-refractivity contribution in [2.75, 3.05) is 26.7 Å². The lowest BCUT2D eigenvalue weighted by atomic mass is 10.1. The van der Waals surface area contributed by atoms with Gasteiger partial charge < -0.3 is 25.4 Å². The van der Waals surface area contributed by atoms with Gasteiger partial charge in [-0.25, -0.2) is 4.79 Å². The van der Waals surface area contributed by atoms with Gasteiger partial charge in [0.1, 0.15) is 6.04 Å². The number of carbonyl (C=O) groups is 3. The molecule has 1 atom stereocenters. The molecule has 0 radical (unpaired) electrons. The van der Waals surface area contributed by atoms with E-state index < -0.39 is 6.04 Å². The van der Waals surface area contributed by atoms with Gasteiger partial charge in [-0.1, -0.05) is 18.2 Å². The van der Waals surface area contributed by atoms with Crippen molar-refractivity contribution in [3.05, 3.63) is 36.5 Å². The highest BCUT2D eigenvalue weighted by Crippen LogP contribution is 2.15. The van der Waals surface area contributed by atoms with E-state index in [-0.39, 0.29) is 24.3 Å². The molecule has 1 fully saturated rings. The average Bonchev–Trinajstić information content (AvgIpc) is 3.09. The second kappa shape index (κ2) is 8.57. The lowest BCUT2D eigenvalue weighted by Gasteiger charge is -2.34. The van der Waals surface area contributed by atoms with Gasteiger partial charge in [0, 0.05) is 44.9 Å². The summed E-state index contributed by atoms with van der Waals surface area (Å²) in [6.45, 7) is 2.07. The number of urea groups is 1. The first-order chi connectivity index (χ1) is 13.1. The summed E-state index contributed by atoms with van der Waals surface area (Å²) in [5, 5.41) is 9.26. The molecule has 8 nitrogen and oxygen atoms in total. The van der Waals surface area contributed by atoms with Crippen LogP contribution in [0, 0.1) is 0 Å². The fourth-order valence-corrected chi connectivity index (χ4v) is 3.32. The molecular formula is C19H25N5O3. The van der Waals surface area contributed by atoms with Crippen molar-refractivity contribution < 1.29 is 14.4 Å². The number of aromatic nitrogens is 1. The van der Waals surface area contributed by atoms with Crippen LogP contribution in [-0.2, 0) is 16.1 Å². The molecule has 3 N–H and O–H groups in total. The van der Waals surface area contributed by atoms with E-state index in [1.807, 2.05) is 18.3 Å². The van der Waals surface area contributed by atoms with Crippen LogP contribution in [0.2, 0.25) is 0 Å². The van der Waals surface area contributed by atoms with Gasteiger partial charge in [0.15, 0.2) is 0 Å². The Labute approximate surface area is 157 Å². The van der Waals surface area contributed by atoms with E-state index in [0.717, 1.165) is 13.0 Å². The average molecular weight is 371 g/mol. The van der Waals surface area contributed by atoms with Crippen LogP contribution < -0.4 is 16.0 Å². The number of carbonyl (C=O) groups excluding carboxylic acids is 3. The second-order valence-electron chi connectivity index (χ2n) is 6.53. The highest BCUT2D eigenvalue weighted by atomic mass is 16.2. The SMILES string of the molecule is CNC(=O)C[C@H]1C(=O)NCCN1C(=O)NCCCn1ccc2ccccc21. The Morgan fingerprint density at radius 2 is 2.07 bits per heavy atom. The van der Waals surface area contributed by atoms with Crippen molar-refractivity contribution in [1.29, 1.82) is 0 Å². The molecule has 144 valence electrons. The number of aryl methyl sites for hydroxylation is 1. The predicted molar refractivity (Wildman–Crippen MR) is 102 cm³/mol. The minimum atomic E-state index is -0.771. The molecular weight excluding hydrogens is 346 g/mol. The number of fused-ring (bicyclic) bond motifs is 1. The van der Waals surface area contributed by atoms with Crippen molar-refractivity contribution in [3.8, 4) is 0 Å². The monoisotopic (exact) mass is 371 g/mol. The minimum absolute atomic E-state index is 0.0366. The second-order valence-corrected chi connectivity index (χ2v) is 6.53. The molecule has 2 heterocycles. The van der Waals surface area contributed by atoms with E-state index >= 15 is 0 Å². The van der Waals surface area contributed by atoms with Crippen molar-refractivity contribution >= 4 is 28.7 Å². The lowest BCUT2D eigenvalue weighted by Crippen LogP contribution is -2.60. The number of nitrogens with one attached hydrogen (secondary N) is 3. The molecule has 27 heavy (non-hydrogen) atoms. The molecule has 3 rings (SSSR count). The highest BCUT2D eigenvalue weighted by molar-refractivity contribution is 5.92. The number of benzene rings is 1. The molecule has 0 saturated carbocycles. The topological polar surface area (TPSA) is 95.5 Å². The number of piperazine rings is 1. The molecule has 1 aromatic carbocycles. The number of rotatable bonds is 6. The Morgan fingerprint density at radius 1 is 1.26 bits per heavy atom. The minimum Gasteiger partial charge on any atom is -0.359 e. The van der Waals surface area contributed by atoms with Gasteiger partial charge in [-0.3, -0.25) is 9.59 Å². The largest absolute Gasteiger partial charge is 0.359 e. The first-order valence-corrected chi connectivity index (χ1v) is 9.17. The fourth-order valence-electron chi connectivity index (χ4n) is 3.32. The fraction of sp³-hybridized carbons (Fsp3) is 0.421. The molecule has 8 heteroatoms. The number of hydrogen-bond acceptors (Lipinski definition) is 3. The Kier molecular flexibility index (Phi) is 5.95. The highest BCUT2D eigenvalue weighted by Gasteiger charge is 2.34. The predicted octanol–water partition coefficient (Wildman–Crippen LogP) is 0.678. The maximum atomic E-state index is 12.5. The van der Waals surface area contributed by atoms with Gasteiger partial charge in [-0.05, 0) is 23.9 Å². The summed E-state index contributed by atoms with van der Waals surface area (Å²) in [7, 11) is 1.51. The molecule has 1 aromatic heterocycles. The zero-order chi connectivity index (χ0) is 19.2. The first kappa shape index (κ1) is 18.8. The molecule has 4 amide bonds. The molecule has 0 unspecified atom stereocenters. The lowest BCUT2D eigenvalue weighted by molar-refractivity contribution is -0.132. The number of amides is 4. The number of hydrogen-bond donors (Lipinski definition) is 3. The van der Waals surface area contributed by atoms with Gasteiger partial charge in [0.2, 0.25) is 11.8 Å². The molecule has 0 bridgehead atoms. The van der Waals surface area contributed by atoms with Gasteiger partial charge in [0.25, 0.3) is 0 Å². The molecule has 0 spiro atoms. The molecule has 2 aromatic rings. The van der Waals surface area contributed by atoms with E-state index in [1.165, 1.54) is 22.9 Å². The molecule has 1 saturated heterocycles.